The van der Waals surface area contributed by atoms with Gasteiger partial charge in [-0.1, -0.05) is 24.3 Å². The van der Waals surface area contributed by atoms with Crippen LogP contribution in [0.3, 0.4) is 0 Å². The second-order valence-electron chi connectivity index (χ2n) is 8.72. The van der Waals surface area contributed by atoms with E-state index in [2.05, 4.69) is 20.8 Å². The van der Waals surface area contributed by atoms with Gasteiger partial charge in [0.15, 0.2) is 0 Å². The van der Waals surface area contributed by atoms with E-state index in [1.54, 1.807) is 30.6 Å². The van der Waals surface area contributed by atoms with E-state index in [1.807, 2.05) is 75.5 Å². The van der Waals surface area contributed by atoms with Crippen LogP contribution < -0.4 is 25.6 Å². The van der Waals surface area contributed by atoms with Gasteiger partial charge in [-0.25, -0.2) is 20.4 Å². The van der Waals surface area contributed by atoms with Gasteiger partial charge in [-0.3, -0.25) is 9.80 Å². The molecule has 1 amide bonds. The third-order valence-corrected chi connectivity index (χ3v) is 6.45. The lowest BCUT2D eigenvalue weighted by atomic mass is 9.77. The Kier molecular flexibility index (Phi) is 7.82. The highest BCUT2D eigenvalue weighted by atomic mass is 16.5. The smallest absolute Gasteiger partial charge is 0.248 e. The first-order valence-electron chi connectivity index (χ1n) is 11.8. The van der Waals surface area contributed by atoms with E-state index in [1.165, 1.54) is 5.01 Å². The van der Waals surface area contributed by atoms with E-state index >= 15 is 0 Å². The predicted molar refractivity (Wildman–Crippen MR) is 139 cm³/mol. The van der Waals surface area contributed by atoms with Crippen LogP contribution in [0, 0.1) is 5.92 Å². The van der Waals surface area contributed by atoms with Crippen LogP contribution in [-0.2, 0) is 4.79 Å². The monoisotopic (exact) mass is 488 g/mol. The van der Waals surface area contributed by atoms with Crippen LogP contribution in [0.5, 0.6) is 5.75 Å². The summed E-state index contributed by atoms with van der Waals surface area (Å²) in [6.45, 7) is 3.64. The Morgan fingerprint density at radius 1 is 1.14 bits per heavy atom. The molecule has 1 fully saturated rings. The largest absolute Gasteiger partial charge is 0.497 e. The van der Waals surface area contributed by atoms with Crippen LogP contribution in [-0.4, -0.2) is 47.8 Å². The first-order valence-corrected chi connectivity index (χ1v) is 11.8. The van der Waals surface area contributed by atoms with Gasteiger partial charge in [0.2, 0.25) is 5.91 Å². The van der Waals surface area contributed by atoms with Crippen LogP contribution in [0.1, 0.15) is 25.3 Å². The summed E-state index contributed by atoms with van der Waals surface area (Å²) >= 11 is 0. The van der Waals surface area contributed by atoms with Gasteiger partial charge in [-0.2, -0.15) is 0 Å². The van der Waals surface area contributed by atoms with Crippen molar-refractivity contribution in [3.63, 3.8) is 0 Å². The Morgan fingerprint density at radius 3 is 2.42 bits per heavy atom. The number of nitrogens with zero attached hydrogens (tertiary/aromatic N) is 4. The number of anilines is 2. The number of carbonyl (C=O) groups excluding carboxylic acids is 1. The van der Waals surface area contributed by atoms with Crippen LogP contribution >= 0.6 is 0 Å². The van der Waals surface area contributed by atoms with Gasteiger partial charge < -0.3 is 15.3 Å². The lowest BCUT2D eigenvalue weighted by Gasteiger charge is -2.30. The molecule has 3 heterocycles. The zero-order valence-corrected chi connectivity index (χ0v) is 20.9. The van der Waals surface area contributed by atoms with Crippen molar-refractivity contribution in [1.29, 1.82) is 0 Å². The zero-order valence-electron chi connectivity index (χ0n) is 20.9. The lowest BCUT2D eigenvalue weighted by Crippen LogP contribution is -2.37. The quantitative estimate of drug-likeness (QED) is 0.395. The molecule has 3 atom stereocenters. The summed E-state index contributed by atoms with van der Waals surface area (Å²) in [5.74, 6) is 0.969. The first kappa shape index (κ1) is 25.2. The number of hydrogen-bond donors (Lipinski definition) is 3. The Morgan fingerprint density at radius 2 is 1.83 bits per heavy atom. The van der Waals surface area contributed by atoms with Crippen molar-refractivity contribution < 1.29 is 14.6 Å². The van der Waals surface area contributed by atoms with E-state index in [0.717, 1.165) is 22.8 Å². The molecule has 0 spiro atoms. The Balaban J connectivity index is 1.74. The van der Waals surface area contributed by atoms with E-state index in [9.17, 15) is 9.90 Å². The minimum atomic E-state index is -0.487. The normalized spacial score (nSPS) is 19.0. The van der Waals surface area contributed by atoms with Crippen molar-refractivity contribution in [2.24, 2.45) is 5.92 Å². The number of carbonyl (C=O) groups is 1. The van der Waals surface area contributed by atoms with E-state index in [4.69, 9.17) is 4.74 Å². The van der Waals surface area contributed by atoms with Crippen molar-refractivity contribution in [3.8, 4) is 5.75 Å². The number of benzene rings is 1. The summed E-state index contributed by atoms with van der Waals surface area (Å²) in [5, 5.41) is 13.9. The number of pyridine rings is 2. The second-order valence-corrected chi connectivity index (χ2v) is 8.72. The summed E-state index contributed by atoms with van der Waals surface area (Å²) in [5.41, 5.74) is 8.95. The molecule has 3 unspecified atom stereocenters. The molecule has 4 rings (SSSR count). The van der Waals surface area contributed by atoms with Crippen molar-refractivity contribution in [3.05, 3.63) is 89.9 Å². The number of amides is 1. The fourth-order valence-corrected chi connectivity index (χ4v) is 4.63. The molecule has 1 saturated heterocycles. The topological polar surface area (TPSA) is 103 Å². The highest BCUT2D eigenvalue weighted by Gasteiger charge is 2.45. The van der Waals surface area contributed by atoms with Crippen molar-refractivity contribution >= 4 is 17.5 Å². The van der Waals surface area contributed by atoms with Gasteiger partial charge >= 0.3 is 0 Å². The van der Waals surface area contributed by atoms with Gasteiger partial charge in [0, 0.05) is 37.1 Å². The molecule has 9 heteroatoms. The molecule has 0 bridgehead atoms. The third kappa shape index (κ3) is 5.17. The SMILES string of the molecule is COc1ccc(C(/C(CO)=C(\C)NN(C)c2ccccn2)C2C(=O)N(c3ccccn3)NC2C)cc1. The van der Waals surface area contributed by atoms with Gasteiger partial charge in [0.1, 0.15) is 17.4 Å². The fraction of sp³-hybridized carbons (Fsp3) is 0.296. The van der Waals surface area contributed by atoms with E-state index < -0.39 is 11.8 Å². The summed E-state index contributed by atoms with van der Waals surface area (Å²) in [6, 6.07) is 18.5. The fourth-order valence-electron chi connectivity index (χ4n) is 4.63. The van der Waals surface area contributed by atoms with Crippen LogP contribution in [0.2, 0.25) is 0 Å². The number of aliphatic hydroxyl groups is 1. The zero-order chi connectivity index (χ0) is 25.7. The average molecular weight is 489 g/mol. The molecule has 0 saturated carbocycles. The van der Waals surface area contributed by atoms with Crippen LogP contribution in [0.25, 0.3) is 0 Å². The summed E-state index contributed by atoms with van der Waals surface area (Å²) in [6.07, 6.45) is 3.38. The molecule has 3 N–H and O–H groups in total. The maximum Gasteiger partial charge on any atom is 0.248 e. The van der Waals surface area contributed by atoms with Gasteiger partial charge in [-0.05, 0) is 61.4 Å². The number of ether oxygens (including phenoxy) is 1. The third-order valence-electron chi connectivity index (χ3n) is 6.45. The molecule has 1 aliphatic heterocycles. The number of methoxy groups -OCH3 is 1. The number of hydrogen-bond acceptors (Lipinski definition) is 8. The average Bonchev–Trinajstić information content (AvgIpc) is 3.21. The molecule has 3 aromatic rings. The van der Waals surface area contributed by atoms with Crippen molar-refractivity contribution in [1.82, 2.24) is 20.8 Å². The highest BCUT2D eigenvalue weighted by Crippen LogP contribution is 2.40. The first-order chi connectivity index (χ1) is 17.4. The maximum atomic E-state index is 13.8. The van der Waals surface area contributed by atoms with Crippen LogP contribution in [0.15, 0.2) is 84.3 Å². The van der Waals surface area contributed by atoms with Gasteiger partial charge in [0.25, 0.3) is 0 Å². The number of hydrazine groups is 2. The molecule has 0 aliphatic carbocycles. The Labute approximate surface area is 211 Å². The van der Waals surface area contributed by atoms with Crippen molar-refractivity contribution in [2.75, 3.05) is 30.8 Å². The molecule has 36 heavy (non-hydrogen) atoms. The molecule has 1 aromatic carbocycles. The van der Waals surface area contributed by atoms with Gasteiger partial charge in [-0.15, -0.1) is 0 Å². The minimum Gasteiger partial charge on any atom is -0.497 e. The highest BCUT2D eigenvalue weighted by molar-refractivity contribution is 5.97. The molecular weight excluding hydrogens is 456 g/mol. The molecule has 0 radical (unpaired) electrons. The van der Waals surface area contributed by atoms with E-state index in [-0.39, 0.29) is 18.6 Å². The number of aromatic nitrogens is 2. The van der Waals surface area contributed by atoms with Crippen LogP contribution in [0.4, 0.5) is 11.6 Å². The minimum absolute atomic E-state index is 0.112. The maximum absolute atomic E-state index is 13.8. The number of allylic oxidation sites excluding steroid dienone is 1. The van der Waals surface area contributed by atoms with E-state index in [0.29, 0.717) is 11.4 Å². The predicted octanol–water partition coefficient (Wildman–Crippen LogP) is 3.03. The number of rotatable bonds is 9. The molecule has 9 nitrogen and oxygen atoms in total. The summed E-state index contributed by atoms with van der Waals surface area (Å²) < 4.78 is 5.34. The number of nitrogens with one attached hydrogen (secondary N) is 2. The molecule has 188 valence electrons. The summed E-state index contributed by atoms with van der Waals surface area (Å²) in [7, 11) is 3.47. The second kappa shape index (κ2) is 11.2. The summed E-state index contributed by atoms with van der Waals surface area (Å²) in [4.78, 5) is 22.5. The van der Waals surface area contributed by atoms with Crippen molar-refractivity contribution in [2.45, 2.75) is 25.8 Å². The Bertz CT molecular complexity index is 1190. The standard InChI is InChI=1S/C27H32N6O3/c1-18(30-32(3)23-9-5-7-15-28-23)22(17-34)26(20-11-13-21(36-4)14-12-20)25-19(2)31-33(27(25)35)24-10-6-8-16-29-24/h5-16,19,25-26,30-31,34H,17H2,1-4H3/b22-18+. The Hall–Kier alpha value is -3.95. The molecule has 2 aromatic heterocycles. The molecule has 1 aliphatic rings. The number of aliphatic hydroxyl groups excluding tert-OH is 1. The molecular formula is C27H32N6O3. The lowest BCUT2D eigenvalue weighted by molar-refractivity contribution is -0.121. The van der Waals surface area contributed by atoms with Gasteiger partial charge in [0.05, 0.1) is 19.6 Å².